The topological polar surface area (TPSA) is 46.3 Å². The van der Waals surface area contributed by atoms with E-state index in [1.54, 1.807) is 12.1 Å². The average molecular weight is 413 g/mol. The predicted octanol–water partition coefficient (Wildman–Crippen LogP) is 5.49. The van der Waals surface area contributed by atoms with E-state index in [2.05, 4.69) is 41.7 Å². The highest BCUT2D eigenvalue weighted by atomic mass is 79.9. The van der Waals surface area contributed by atoms with Crippen molar-refractivity contribution < 1.29 is 9.52 Å². The van der Waals surface area contributed by atoms with E-state index >= 15 is 0 Å². The highest BCUT2D eigenvalue weighted by Gasteiger charge is 2.11. The van der Waals surface area contributed by atoms with Crippen LogP contribution < -0.4 is 0 Å². The van der Waals surface area contributed by atoms with Gasteiger partial charge >= 0.3 is 0 Å². The largest absolute Gasteiger partial charge is 0.508 e. The Morgan fingerprint density at radius 2 is 1.78 bits per heavy atom. The Morgan fingerprint density at radius 1 is 1.17 bits per heavy atom. The predicted molar refractivity (Wildman–Crippen MR) is 103 cm³/mol. The molecule has 1 N–H and O–H groups in total. The molecule has 122 valence electrons. The molecule has 0 aliphatic rings. The van der Waals surface area contributed by atoms with Crippen molar-refractivity contribution in [1.29, 1.82) is 0 Å². The molecule has 0 radical (unpaired) electrons. The Balaban J connectivity index is 0.000000277. The molecule has 1 heterocycles. The van der Waals surface area contributed by atoms with Crippen LogP contribution in [0, 0.1) is 0 Å². The van der Waals surface area contributed by atoms with Crippen molar-refractivity contribution in [1.82, 2.24) is 4.98 Å². The molecule has 0 atom stereocenters. The first-order valence-corrected chi connectivity index (χ1v) is 10.8. The van der Waals surface area contributed by atoms with Crippen LogP contribution in [0.15, 0.2) is 51.4 Å². The van der Waals surface area contributed by atoms with Gasteiger partial charge in [-0.2, -0.15) is 11.1 Å². The van der Waals surface area contributed by atoms with Crippen LogP contribution in [0.4, 0.5) is 0 Å². The molecule has 3 aromatic rings. The Bertz CT molecular complexity index is 784. The summed E-state index contributed by atoms with van der Waals surface area (Å²) in [7, 11) is -0.275. The van der Waals surface area contributed by atoms with Gasteiger partial charge in [-0.15, -0.1) is 0 Å². The number of nitrogens with zero attached hydrogens (tertiary/aromatic N) is 1. The molecule has 0 aliphatic heterocycles. The number of phenolic OH excluding ortho intramolecular Hbond substituents is 1. The highest BCUT2D eigenvalue weighted by Crippen LogP contribution is 2.32. The highest BCUT2D eigenvalue weighted by molar-refractivity contribution is 9.10. The number of phenols is 1. The third-order valence-corrected chi connectivity index (χ3v) is 6.65. The Morgan fingerprint density at radius 3 is 2.35 bits per heavy atom. The number of hydrogen-bond donors (Lipinski definition) is 1. The van der Waals surface area contributed by atoms with Gasteiger partial charge in [0.1, 0.15) is 20.1 Å². The first kappa shape index (κ1) is 18.0. The van der Waals surface area contributed by atoms with Crippen molar-refractivity contribution in [3.8, 4) is 17.2 Å². The molecule has 6 heteroatoms. The van der Waals surface area contributed by atoms with Crippen LogP contribution in [0.5, 0.6) is 5.75 Å². The van der Waals surface area contributed by atoms with E-state index in [1.165, 1.54) is 0 Å². The zero-order valence-corrected chi connectivity index (χ0v) is 17.1. The molecule has 0 aliphatic carbocycles. The summed E-state index contributed by atoms with van der Waals surface area (Å²) < 4.78 is 6.37. The van der Waals surface area contributed by atoms with Gasteiger partial charge in [0.2, 0.25) is 5.89 Å². The Kier molecular flexibility index (Phi) is 5.89. The van der Waals surface area contributed by atoms with Gasteiger partial charge in [-0.1, -0.05) is 39.0 Å². The number of oxazole rings is 1. The molecule has 1 aromatic heterocycles. The van der Waals surface area contributed by atoms with Gasteiger partial charge in [-0.05, 0) is 39.2 Å². The maximum absolute atomic E-state index is 9.48. The van der Waals surface area contributed by atoms with E-state index < -0.39 is 0 Å². The van der Waals surface area contributed by atoms with E-state index in [9.17, 15) is 5.11 Å². The second-order valence-corrected chi connectivity index (χ2v) is 10.4. The van der Waals surface area contributed by atoms with Crippen LogP contribution in [-0.4, -0.2) is 18.9 Å². The third-order valence-electron chi connectivity index (χ3n) is 2.85. The minimum absolute atomic E-state index is 0.164. The summed E-state index contributed by atoms with van der Waals surface area (Å²) in [6, 6.07) is 12.8. The normalized spacial score (nSPS) is 11.7. The lowest BCUT2D eigenvalue weighted by Gasteiger charge is -2.09. The Labute approximate surface area is 151 Å². The van der Waals surface area contributed by atoms with E-state index in [-0.39, 0.29) is 14.6 Å². The van der Waals surface area contributed by atoms with Crippen LogP contribution in [0.2, 0.25) is 5.04 Å². The summed E-state index contributed by atoms with van der Waals surface area (Å²) in [6.07, 6.45) is 0. The zero-order valence-electron chi connectivity index (χ0n) is 13.3. The van der Waals surface area contributed by atoms with Gasteiger partial charge in [0.05, 0.1) is 4.47 Å². The molecular weight excluding hydrogens is 394 g/mol. The maximum Gasteiger partial charge on any atom is 0.227 e. The molecule has 0 saturated carbocycles. The number of aromatic nitrogens is 1. The summed E-state index contributed by atoms with van der Waals surface area (Å²) in [5.41, 5.74) is 2.19. The molecule has 23 heavy (non-hydrogen) atoms. The average Bonchev–Trinajstić information content (AvgIpc) is 2.92. The minimum Gasteiger partial charge on any atom is -0.508 e. The second-order valence-electron chi connectivity index (χ2n) is 6.36. The SMILES string of the molecule is CC(C)(C)[SiH2]Cl.Oc1cc(Br)c2oc(-c3ccccc3)nc2c1. The molecule has 2 aromatic carbocycles. The smallest absolute Gasteiger partial charge is 0.227 e. The quantitative estimate of drug-likeness (QED) is 0.424. The first-order chi connectivity index (χ1) is 10.8. The summed E-state index contributed by atoms with van der Waals surface area (Å²) in [6.45, 7) is 6.52. The molecule has 0 saturated heterocycles. The van der Waals surface area contributed by atoms with Crippen molar-refractivity contribution in [2.45, 2.75) is 25.8 Å². The molecular formula is C17H19BrClNO2Si. The molecule has 0 spiro atoms. The molecule has 3 rings (SSSR count). The van der Waals surface area contributed by atoms with Gasteiger partial charge in [-0.25, -0.2) is 4.98 Å². The van der Waals surface area contributed by atoms with Gasteiger partial charge in [-0.3, -0.25) is 0 Å². The van der Waals surface area contributed by atoms with Crippen LogP contribution in [0.3, 0.4) is 0 Å². The van der Waals surface area contributed by atoms with Crippen molar-refractivity contribution in [2.24, 2.45) is 0 Å². The molecule has 0 fully saturated rings. The lowest BCUT2D eigenvalue weighted by atomic mass is 10.2. The monoisotopic (exact) mass is 411 g/mol. The van der Waals surface area contributed by atoms with Crippen LogP contribution in [0.25, 0.3) is 22.6 Å². The number of benzene rings is 2. The number of halogens is 2. The number of rotatable bonds is 1. The fourth-order valence-corrected chi connectivity index (χ4v) is 2.20. The standard InChI is InChI=1S/C13H8BrNO2.C4H11ClSi/c14-10-6-9(16)7-11-12(10)17-13(15-11)8-4-2-1-3-5-8;1-4(2,3)6-5/h1-7,16H;6H2,1-3H3. The minimum atomic E-state index is -0.275. The molecule has 3 nitrogen and oxygen atoms in total. The fourth-order valence-electron chi connectivity index (χ4n) is 1.68. The third kappa shape index (κ3) is 5.09. The lowest BCUT2D eigenvalue weighted by Crippen LogP contribution is -1.99. The van der Waals surface area contributed by atoms with Crippen molar-refractivity contribution >= 4 is 46.9 Å². The number of hydrogen-bond acceptors (Lipinski definition) is 3. The zero-order chi connectivity index (χ0) is 17.0. The molecule has 0 bridgehead atoms. The molecule has 0 amide bonds. The van der Waals surface area contributed by atoms with Crippen LogP contribution >= 0.6 is 27.0 Å². The van der Waals surface area contributed by atoms with Crippen LogP contribution in [-0.2, 0) is 0 Å². The summed E-state index contributed by atoms with van der Waals surface area (Å²) in [5.74, 6) is 0.712. The van der Waals surface area contributed by atoms with Crippen molar-refractivity contribution in [3.05, 3.63) is 46.9 Å². The summed E-state index contributed by atoms with van der Waals surface area (Å²) in [5, 5.41) is 9.93. The maximum atomic E-state index is 9.48. The first-order valence-electron chi connectivity index (χ1n) is 7.20. The van der Waals surface area contributed by atoms with E-state index in [4.69, 9.17) is 15.5 Å². The van der Waals surface area contributed by atoms with E-state index in [1.807, 2.05) is 30.3 Å². The Hall–Kier alpha value is -1.30. The number of fused-ring (bicyclic) bond motifs is 1. The van der Waals surface area contributed by atoms with Crippen LogP contribution in [0.1, 0.15) is 20.8 Å². The lowest BCUT2D eigenvalue weighted by molar-refractivity contribution is 0.475. The van der Waals surface area contributed by atoms with Gasteiger partial charge in [0.25, 0.3) is 0 Å². The fraction of sp³-hybridized carbons (Fsp3) is 0.235. The molecule has 0 unspecified atom stereocenters. The van der Waals surface area contributed by atoms with E-state index in [0.29, 0.717) is 26.5 Å². The second kappa shape index (κ2) is 7.51. The summed E-state index contributed by atoms with van der Waals surface area (Å²) in [4.78, 5) is 4.35. The number of aromatic hydroxyl groups is 1. The van der Waals surface area contributed by atoms with Gasteiger partial charge in [0, 0.05) is 11.6 Å². The van der Waals surface area contributed by atoms with E-state index in [0.717, 1.165) is 5.56 Å². The van der Waals surface area contributed by atoms with Gasteiger partial charge < -0.3 is 9.52 Å². The summed E-state index contributed by atoms with van der Waals surface area (Å²) >= 11 is 8.96. The van der Waals surface area contributed by atoms with Crippen molar-refractivity contribution in [2.75, 3.05) is 0 Å². The van der Waals surface area contributed by atoms with Gasteiger partial charge in [0.15, 0.2) is 5.58 Å². The van der Waals surface area contributed by atoms with Crippen molar-refractivity contribution in [3.63, 3.8) is 0 Å².